The highest BCUT2D eigenvalue weighted by molar-refractivity contribution is 5.83. The molecule has 4 rings (SSSR count). The number of nitrogen functional groups attached to an aromatic ring is 1. The van der Waals surface area contributed by atoms with E-state index in [9.17, 15) is 0 Å². The average molecular weight is 250 g/mol. The number of anilines is 1. The van der Waals surface area contributed by atoms with Gasteiger partial charge < -0.3 is 10.2 Å². The largest absolute Gasteiger partial charge is 0.422 e. The number of nitrogens with two attached hydrogens (primary N) is 1. The van der Waals surface area contributed by atoms with E-state index >= 15 is 0 Å². The molecule has 0 fully saturated rings. The zero-order valence-electron chi connectivity index (χ0n) is 9.95. The lowest BCUT2D eigenvalue weighted by Gasteiger charge is -1.97. The predicted octanol–water partition coefficient (Wildman–Crippen LogP) is 2.75. The Hall–Kier alpha value is -2.82. The quantitative estimate of drug-likeness (QED) is 0.527. The number of fused-ring (bicyclic) bond motifs is 2. The molecule has 5 nitrogen and oxygen atoms in total. The van der Waals surface area contributed by atoms with Gasteiger partial charge in [0.2, 0.25) is 0 Å². The van der Waals surface area contributed by atoms with Crippen LogP contribution in [-0.2, 0) is 0 Å². The Morgan fingerprint density at radius 2 is 2.00 bits per heavy atom. The first kappa shape index (κ1) is 10.1. The lowest BCUT2D eigenvalue weighted by molar-refractivity contribution is 0.549. The average Bonchev–Trinajstić information content (AvgIpc) is 3.00. The van der Waals surface area contributed by atoms with Crippen LogP contribution in [0, 0.1) is 0 Å². The fourth-order valence-electron chi connectivity index (χ4n) is 2.14. The zero-order valence-corrected chi connectivity index (χ0v) is 9.95. The molecule has 2 aromatic heterocycles. The molecule has 0 aliphatic carbocycles. The van der Waals surface area contributed by atoms with Crippen molar-refractivity contribution in [3.8, 4) is 6.01 Å². The molecule has 0 aliphatic heterocycles. The van der Waals surface area contributed by atoms with Crippen molar-refractivity contribution in [2.75, 3.05) is 5.73 Å². The summed E-state index contributed by atoms with van der Waals surface area (Å²) in [5.74, 6) is 0. The van der Waals surface area contributed by atoms with Gasteiger partial charge >= 0.3 is 6.01 Å². The number of oxazole rings is 1. The monoisotopic (exact) mass is 250 g/mol. The molecule has 0 unspecified atom stereocenters. The van der Waals surface area contributed by atoms with Gasteiger partial charge in [-0.05, 0) is 30.3 Å². The van der Waals surface area contributed by atoms with Crippen molar-refractivity contribution in [1.82, 2.24) is 14.8 Å². The summed E-state index contributed by atoms with van der Waals surface area (Å²) in [6.07, 6.45) is 1.77. The van der Waals surface area contributed by atoms with Gasteiger partial charge in [0.1, 0.15) is 5.52 Å². The van der Waals surface area contributed by atoms with Crippen LogP contribution in [0.2, 0.25) is 0 Å². The third-order valence-electron chi connectivity index (χ3n) is 3.06. The van der Waals surface area contributed by atoms with E-state index < -0.39 is 0 Å². The van der Waals surface area contributed by atoms with Gasteiger partial charge in [0.15, 0.2) is 5.58 Å². The molecule has 5 heteroatoms. The van der Waals surface area contributed by atoms with Crippen molar-refractivity contribution in [3.63, 3.8) is 0 Å². The van der Waals surface area contributed by atoms with Crippen LogP contribution in [0.4, 0.5) is 5.69 Å². The number of nitrogens with zero attached hydrogens (tertiary/aromatic N) is 3. The Morgan fingerprint density at radius 1 is 1.11 bits per heavy atom. The van der Waals surface area contributed by atoms with Crippen LogP contribution in [0.1, 0.15) is 0 Å². The highest BCUT2D eigenvalue weighted by Crippen LogP contribution is 2.23. The molecule has 0 bridgehead atoms. The molecule has 0 radical (unpaired) electrons. The van der Waals surface area contributed by atoms with Crippen LogP contribution in [0.15, 0.2) is 53.1 Å². The molecule has 0 saturated carbocycles. The van der Waals surface area contributed by atoms with Crippen LogP contribution in [0.25, 0.3) is 28.0 Å². The van der Waals surface area contributed by atoms with E-state index in [-0.39, 0.29) is 0 Å². The highest BCUT2D eigenvalue weighted by Gasteiger charge is 2.11. The summed E-state index contributed by atoms with van der Waals surface area (Å²) >= 11 is 0. The van der Waals surface area contributed by atoms with Crippen LogP contribution >= 0.6 is 0 Å². The molecule has 2 aromatic carbocycles. The van der Waals surface area contributed by atoms with Gasteiger partial charge in [0.05, 0.1) is 11.7 Å². The van der Waals surface area contributed by atoms with Gasteiger partial charge in [-0.15, -0.1) is 0 Å². The van der Waals surface area contributed by atoms with E-state index in [4.69, 9.17) is 10.2 Å². The highest BCUT2D eigenvalue weighted by atomic mass is 16.4. The zero-order chi connectivity index (χ0) is 12.8. The summed E-state index contributed by atoms with van der Waals surface area (Å²) in [7, 11) is 0. The normalized spacial score (nSPS) is 11.4. The molecular weight excluding hydrogens is 240 g/mol. The van der Waals surface area contributed by atoms with Crippen LogP contribution in [-0.4, -0.2) is 14.8 Å². The van der Waals surface area contributed by atoms with Gasteiger partial charge in [-0.1, -0.05) is 12.1 Å². The topological polar surface area (TPSA) is 69.9 Å². The summed E-state index contributed by atoms with van der Waals surface area (Å²) in [5.41, 5.74) is 8.93. The number of hydrogen-bond donors (Lipinski definition) is 1. The molecule has 92 valence electrons. The molecule has 0 saturated heterocycles. The van der Waals surface area contributed by atoms with Crippen molar-refractivity contribution in [3.05, 3.63) is 48.7 Å². The summed E-state index contributed by atoms with van der Waals surface area (Å²) in [6.45, 7) is 0. The number of para-hydroxylation sites is 2. The van der Waals surface area contributed by atoms with Crippen molar-refractivity contribution >= 4 is 27.7 Å². The van der Waals surface area contributed by atoms with E-state index in [0.717, 1.165) is 22.0 Å². The van der Waals surface area contributed by atoms with Gasteiger partial charge in [-0.25, -0.2) is 0 Å². The maximum absolute atomic E-state index is 5.81. The minimum atomic E-state index is 0.446. The molecule has 0 atom stereocenters. The summed E-state index contributed by atoms with van der Waals surface area (Å²) in [5, 5.41) is 5.30. The van der Waals surface area contributed by atoms with Gasteiger partial charge in [0, 0.05) is 11.1 Å². The number of benzene rings is 2. The van der Waals surface area contributed by atoms with Crippen molar-refractivity contribution in [1.29, 1.82) is 0 Å². The Labute approximate surface area is 108 Å². The molecule has 19 heavy (non-hydrogen) atoms. The first-order chi connectivity index (χ1) is 9.31. The Morgan fingerprint density at radius 3 is 2.89 bits per heavy atom. The number of aromatic nitrogens is 3. The molecule has 2 heterocycles. The minimum absolute atomic E-state index is 0.446. The van der Waals surface area contributed by atoms with Crippen LogP contribution < -0.4 is 5.73 Å². The third kappa shape index (κ3) is 1.48. The first-order valence-corrected chi connectivity index (χ1v) is 5.90. The molecule has 2 N–H and O–H groups in total. The number of rotatable bonds is 1. The van der Waals surface area contributed by atoms with E-state index in [2.05, 4.69) is 10.1 Å². The van der Waals surface area contributed by atoms with Gasteiger partial charge in [-0.2, -0.15) is 14.8 Å². The lowest BCUT2D eigenvalue weighted by atomic mass is 10.2. The summed E-state index contributed by atoms with van der Waals surface area (Å²) in [6, 6.07) is 13.7. The van der Waals surface area contributed by atoms with E-state index in [1.54, 1.807) is 10.9 Å². The molecule has 4 aromatic rings. The fourth-order valence-corrected chi connectivity index (χ4v) is 2.14. The molecular formula is C14H10N4O. The van der Waals surface area contributed by atoms with Crippen molar-refractivity contribution in [2.24, 2.45) is 0 Å². The minimum Gasteiger partial charge on any atom is -0.422 e. The maximum Gasteiger partial charge on any atom is 0.324 e. The third-order valence-corrected chi connectivity index (χ3v) is 3.06. The van der Waals surface area contributed by atoms with Crippen LogP contribution in [0.3, 0.4) is 0 Å². The Balaban J connectivity index is 2.00. The van der Waals surface area contributed by atoms with Gasteiger partial charge in [-0.3, -0.25) is 0 Å². The first-order valence-electron chi connectivity index (χ1n) is 5.90. The maximum atomic E-state index is 5.81. The molecule has 0 aliphatic rings. The van der Waals surface area contributed by atoms with Crippen molar-refractivity contribution in [2.45, 2.75) is 0 Å². The smallest absolute Gasteiger partial charge is 0.324 e. The summed E-state index contributed by atoms with van der Waals surface area (Å²) in [4.78, 5) is 4.43. The van der Waals surface area contributed by atoms with Crippen molar-refractivity contribution < 1.29 is 4.42 Å². The lowest BCUT2D eigenvalue weighted by Crippen LogP contribution is -1.96. The second kappa shape index (κ2) is 3.58. The Kier molecular flexibility index (Phi) is 1.91. The van der Waals surface area contributed by atoms with Gasteiger partial charge in [0.25, 0.3) is 0 Å². The standard InChI is InChI=1S/C14H10N4O/c15-10-6-5-9-8-16-18(12(9)7-10)14-17-11-3-1-2-4-13(11)19-14/h1-8H,15H2. The molecule has 0 spiro atoms. The van der Waals surface area contributed by atoms with E-state index in [1.165, 1.54) is 0 Å². The summed E-state index contributed by atoms with van der Waals surface area (Å²) < 4.78 is 7.37. The van der Waals surface area contributed by atoms with E-state index in [1.807, 2.05) is 42.5 Å². The van der Waals surface area contributed by atoms with Crippen LogP contribution in [0.5, 0.6) is 0 Å². The molecule has 0 amide bonds. The SMILES string of the molecule is Nc1ccc2cnn(-c3nc4ccccc4o3)c2c1. The van der Waals surface area contributed by atoms with E-state index in [0.29, 0.717) is 11.7 Å². The predicted molar refractivity (Wildman–Crippen MR) is 73.0 cm³/mol. The fraction of sp³-hybridized carbons (Fsp3) is 0. The second-order valence-corrected chi connectivity index (χ2v) is 4.34. The Bertz CT molecular complexity index is 858. The second-order valence-electron chi connectivity index (χ2n) is 4.34. The number of hydrogen-bond acceptors (Lipinski definition) is 4.